The number of carbonyl (C=O) groups excluding carboxylic acids is 2. The largest absolute Gasteiger partial charge is 0.464 e. The number of ether oxygens (including phenoxy) is 1. The van der Waals surface area contributed by atoms with E-state index in [-0.39, 0.29) is 23.7 Å². The van der Waals surface area contributed by atoms with Crippen molar-refractivity contribution in [3.05, 3.63) is 62.4 Å². The lowest BCUT2D eigenvalue weighted by Gasteiger charge is -2.09. The Labute approximate surface area is 162 Å². The monoisotopic (exact) mass is 403 g/mol. The SMILES string of the molecule is CCOC(=O)c1c(-c2ccco2)csc1NC(=O)Cn1ccc(=O)n(C)c1=O. The van der Waals surface area contributed by atoms with Crippen molar-refractivity contribution in [2.45, 2.75) is 13.5 Å². The number of hydrogen-bond donors (Lipinski definition) is 1. The summed E-state index contributed by atoms with van der Waals surface area (Å²) < 4.78 is 12.4. The maximum absolute atomic E-state index is 12.4. The summed E-state index contributed by atoms with van der Waals surface area (Å²) in [5.41, 5.74) is -0.394. The van der Waals surface area contributed by atoms with Crippen LogP contribution >= 0.6 is 11.3 Å². The summed E-state index contributed by atoms with van der Waals surface area (Å²) in [5.74, 6) is -0.655. The van der Waals surface area contributed by atoms with Crippen LogP contribution in [0.3, 0.4) is 0 Å². The first-order valence-electron chi connectivity index (χ1n) is 8.31. The van der Waals surface area contributed by atoms with E-state index in [1.165, 1.54) is 25.6 Å². The van der Waals surface area contributed by atoms with Gasteiger partial charge in [-0.1, -0.05) is 0 Å². The highest BCUT2D eigenvalue weighted by atomic mass is 32.1. The van der Waals surface area contributed by atoms with Gasteiger partial charge in [-0.05, 0) is 19.1 Å². The maximum Gasteiger partial charge on any atom is 0.341 e. The van der Waals surface area contributed by atoms with E-state index in [9.17, 15) is 19.2 Å². The lowest BCUT2D eigenvalue weighted by molar-refractivity contribution is -0.116. The number of nitrogens with zero attached hydrogens (tertiary/aromatic N) is 2. The van der Waals surface area contributed by atoms with Crippen molar-refractivity contribution >= 4 is 28.2 Å². The molecular weight excluding hydrogens is 386 g/mol. The molecular formula is C18H17N3O6S. The fourth-order valence-electron chi connectivity index (χ4n) is 2.53. The van der Waals surface area contributed by atoms with Crippen molar-refractivity contribution in [1.29, 1.82) is 0 Å². The number of nitrogens with one attached hydrogen (secondary N) is 1. The molecule has 0 aliphatic carbocycles. The molecule has 3 rings (SSSR count). The number of thiophene rings is 1. The van der Waals surface area contributed by atoms with Crippen molar-refractivity contribution in [3.8, 4) is 11.3 Å². The standard InChI is InChI=1S/C18H17N3O6S/c1-3-26-17(24)15-11(12-5-4-8-27-12)10-28-16(15)19-13(22)9-21-7-6-14(23)20(2)18(21)25/h4-8,10H,3,9H2,1-2H3,(H,19,22). The molecule has 3 aromatic rings. The van der Waals surface area contributed by atoms with Gasteiger partial charge in [-0.25, -0.2) is 9.59 Å². The molecule has 0 saturated carbocycles. The predicted molar refractivity (Wildman–Crippen MR) is 103 cm³/mol. The van der Waals surface area contributed by atoms with Crippen molar-refractivity contribution in [1.82, 2.24) is 9.13 Å². The van der Waals surface area contributed by atoms with Crippen LogP contribution in [0.25, 0.3) is 11.3 Å². The van der Waals surface area contributed by atoms with Gasteiger partial charge in [-0.2, -0.15) is 0 Å². The number of furan rings is 1. The summed E-state index contributed by atoms with van der Waals surface area (Å²) in [5, 5.41) is 4.60. The summed E-state index contributed by atoms with van der Waals surface area (Å²) >= 11 is 1.14. The minimum atomic E-state index is -0.615. The third kappa shape index (κ3) is 3.81. The number of rotatable bonds is 6. The lowest BCUT2D eigenvalue weighted by atomic mass is 10.1. The molecule has 9 nitrogen and oxygen atoms in total. The fourth-order valence-corrected chi connectivity index (χ4v) is 3.48. The van der Waals surface area contributed by atoms with Crippen LogP contribution in [0.2, 0.25) is 0 Å². The molecule has 3 heterocycles. The Morgan fingerprint density at radius 3 is 2.75 bits per heavy atom. The molecule has 0 radical (unpaired) electrons. The van der Waals surface area contributed by atoms with Crippen LogP contribution < -0.4 is 16.6 Å². The first-order chi connectivity index (χ1) is 13.4. The van der Waals surface area contributed by atoms with Gasteiger partial charge in [-0.15, -0.1) is 11.3 Å². The zero-order valence-electron chi connectivity index (χ0n) is 15.1. The van der Waals surface area contributed by atoms with E-state index in [1.807, 2.05) is 0 Å². The molecule has 0 bridgehead atoms. The molecule has 10 heteroatoms. The van der Waals surface area contributed by atoms with Crippen LogP contribution in [0, 0.1) is 0 Å². The highest BCUT2D eigenvalue weighted by Crippen LogP contribution is 2.36. The lowest BCUT2D eigenvalue weighted by Crippen LogP contribution is -2.39. The zero-order chi connectivity index (χ0) is 20.3. The van der Waals surface area contributed by atoms with E-state index in [4.69, 9.17) is 9.15 Å². The molecule has 3 aromatic heterocycles. The van der Waals surface area contributed by atoms with Gasteiger partial charge in [0.1, 0.15) is 22.9 Å². The molecule has 0 unspecified atom stereocenters. The highest BCUT2D eigenvalue weighted by molar-refractivity contribution is 7.15. The molecule has 0 saturated heterocycles. The topological polar surface area (TPSA) is 113 Å². The first-order valence-corrected chi connectivity index (χ1v) is 9.19. The van der Waals surface area contributed by atoms with Crippen molar-refractivity contribution in [2.75, 3.05) is 11.9 Å². The second-order valence-electron chi connectivity index (χ2n) is 5.72. The van der Waals surface area contributed by atoms with Gasteiger partial charge in [0, 0.05) is 30.3 Å². The van der Waals surface area contributed by atoms with Crippen LogP contribution in [0.4, 0.5) is 5.00 Å². The van der Waals surface area contributed by atoms with E-state index in [0.717, 1.165) is 20.5 Å². The van der Waals surface area contributed by atoms with E-state index >= 15 is 0 Å². The minimum Gasteiger partial charge on any atom is -0.464 e. The first kappa shape index (κ1) is 19.4. The van der Waals surface area contributed by atoms with Crippen molar-refractivity contribution < 1.29 is 18.7 Å². The maximum atomic E-state index is 12.4. The summed E-state index contributed by atoms with van der Waals surface area (Å²) in [6, 6.07) is 4.57. The number of anilines is 1. The Morgan fingerprint density at radius 1 is 1.29 bits per heavy atom. The van der Waals surface area contributed by atoms with Crippen LogP contribution in [-0.4, -0.2) is 27.6 Å². The Balaban J connectivity index is 1.89. The number of hydrogen-bond acceptors (Lipinski definition) is 7. The van der Waals surface area contributed by atoms with Crippen LogP contribution in [0.15, 0.2) is 50.0 Å². The van der Waals surface area contributed by atoms with Gasteiger partial charge >= 0.3 is 11.7 Å². The van der Waals surface area contributed by atoms with Gasteiger partial charge in [0.2, 0.25) is 5.91 Å². The van der Waals surface area contributed by atoms with Crippen molar-refractivity contribution in [3.63, 3.8) is 0 Å². The van der Waals surface area contributed by atoms with Gasteiger partial charge < -0.3 is 14.5 Å². The predicted octanol–water partition coefficient (Wildman–Crippen LogP) is 1.68. The number of aromatic nitrogens is 2. The quantitative estimate of drug-likeness (QED) is 0.627. The van der Waals surface area contributed by atoms with E-state index in [2.05, 4.69) is 5.32 Å². The molecule has 0 aliphatic heterocycles. The van der Waals surface area contributed by atoms with Crippen LogP contribution in [0.5, 0.6) is 0 Å². The molecule has 0 aromatic carbocycles. The Bertz CT molecular complexity index is 1120. The minimum absolute atomic E-state index is 0.174. The van der Waals surface area contributed by atoms with Gasteiger partial charge in [-0.3, -0.25) is 18.7 Å². The molecule has 146 valence electrons. The summed E-state index contributed by atoms with van der Waals surface area (Å²) in [6.07, 6.45) is 2.73. The van der Waals surface area contributed by atoms with Gasteiger partial charge in [0.05, 0.1) is 12.9 Å². The molecule has 1 N–H and O–H groups in total. The highest BCUT2D eigenvalue weighted by Gasteiger charge is 2.24. The summed E-state index contributed by atoms with van der Waals surface area (Å²) in [7, 11) is 1.33. The molecule has 0 fully saturated rings. The van der Waals surface area contributed by atoms with E-state index < -0.39 is 23.1 Å². The summed E-state index contributed by atoms with van der Waals surface area (Å²) in [4.78, 5) is 48.4. The molecule has 0 aliphatic rings. The van der Waals surface area contributed by atoms with Crippen LogP contribution in [-0.2, 0) is 23.1 Å². The third-order valence-corrected chi connectivity index (χ3v) is 4.78. The Morgan fingerprint density at radius 2 is 2.07 bits per heavy atom. The van der Waals surface area contributed by atoms with Gasteiger partial charge in [0.25, 0.3) is 5.56 Å². The fraction of sp³-hybridized carbons (Fsp3) is 0.222. The normalized spacial score (nSPS) is 10.6. The molecule has 28 heavy (non-hydrogen) atoms. The average molecular weight is 403 g/mol. The molecule has 0 spiro atoms. The summed E-state index contributed by atoms with van der Waals surface area (Å²) in [6.45, 7) is 1.54. The van der Waals surface area contributed by atoms with Gasteiger partial charge in [0.15, 0.2) is 0 Å². The third-order valence-electron chi connectivity index (χ3n) is 3.88. The number of esters is 1. The average Bonchev–Trinajstić information content (AvgIpc) is 3.32. The van der Waals surface area contributed by atoms with Crippen molar-refractivity contribution in [2.24, 2.45) is 7.05 Å². The smallest absolute Gasteiger partial charge is 0.341 e. The Kier molecular flexibility index (Phi) is 5.59. The second-order valence-corrected chi connectivity index (χ2v) is 6.60. The molecule has 0 atom stereocenters. The van der Waals surface area contributed by atoms with Crippen LogP contribution in [0.1, 0.15) is 17.3 Å². The second kappa shape index (κ2) is 8.09. The number of carbonyl (C=O) groups is 2. The number of amides is 1. The Hall–Kier alpha value is -3.40. The van der Waals surface area contributed by atoms with E-state index in [0.29, 0.717) is 11.3 Å². The molecule has 1 amide bonds. The zero-order valence-corrected chi connectivity index (χ0v) is 15.9. The van der Waals surface area contributed by atoms with E-state index in [1.54, 1.807) is 24.4 Å².